The molecule has 0 radical (unpaired) electrons. The first kappa shape index (κ1) is 39.0. The van der Waals surface area contributed by atoms with Crippen LogP contribution in [-0.4, -0.2) is 4.57 Å². The van der Waals surface area contributed by atoms with E-state index in [9.17, 15) is 0 Å². The zero-order chi connectivity index (χ0) is 44.6. The molecule has 1 heterocycles. The number of benzene rings is 11. The molecule has 316 valence electrons. The molecule has 0 spiro atoms. The Morgan fingerprint density at radius 1 is 0.313 bits per heavy atom. The molecule has 67 heavy (non-hydrogen) atoms. The minimum Gasteiger partial charge on any atom is -0.310 e. The molecule has 0 N–H and O–H groups in total. The average Bonchev–Trinajstić information content (AvgIpc) is 3.83. The van der Waals surface area contributed by atoms with Gasteiger partial charge in [0.15, 0.2) is 0 Å². The molecule has 1 aromatic heterocycles. The van der Waals surface area contributed by atoms with Crippen molar-refractivity contribution >= 4 is 60.4 Å². The molecular formula is C65H46N2. The lowest BCUT2D eigenvalue weighted by Crippen LogP contribution is -2.16. The van der Waals surface area contributed by atoms with Crippen LogP contribution in [0.25, 0.3) is 93.5 Å². The quantitative estimate of drug-likeness (QED) is 0.155. The van der Waals surface area contributed by atoms with Gasteiger partial charge in [-0.05, 0) is 139 Å². The van der Waals surface area contributed by atoms with E-state index in [1.54, 1.807) is 0 Å². The van der Waals surface area contributed by atoms with Crippen molar-refractivity contribution in [3.63, 3.8) is 0 Å². The van der Waals surface area contributed by atoms with Crippen LogP contribution in [0.3, 0.4) is 0 Å². The van der Waals surface area contributed by atoms with Gasteiger partial charge in [-0.3, -0.25) is 0 Å². The third kappa shape index (κ3) is 6.40. The summed E-state index contributed by atoms with van der Waals surface area (Å²) in [7, 11) is 0. The second-order valence-electron chi connectivity index (χ2n) is 18.6. The average molecular weight is 855 g/mol. The van der Waals surface area contributed by atoms with Gasteiger partial charge in [0.2, 0.25) is 0 Å². The van der Waals surface area contributed by atoms with Crippen LogP contribution in [-0.2, 0) is 5.41 Å². The van der Waals surface area contributed by atoms with Crippen molar-refractivity contribution in [1.29, 1.82) is 0 Å². The predicted octanol–water partition coefficient (Wildman–Crippen LogP) is 17.9. The fraction of sp³-hybridized carbons (Fsp3) is 0.0462. The first-order valence-corrected chi connectivity index (χ1v) is 23.3. The number of aromatic nitrogens is 1. The van der Waals surface area contributed by atoms with E-state index < -0.39 is 0 Å². The summed E-state index contributed by atoms with van der Waals surface area (Å²) in [5.74, 6) is 0. The smallest absolute Gasteiger partial charge is 0.0541 e. The summed E-state index contributed by atoms with van der Waals surface area (Å²) in [6, 6.07) is 89.4. The van der Waals surface area contributed by atoms with Crippen LogP contribution in [0.4, 0.5) is 17.1 Å². The monoisotopic (exact) mass is 854 g/mol. The maximum Gasteiger partial charge on any atom is 0.0541 e. The van der Waals surface area contributed by atoms with Crippen LogP contribution in [0, 0.1) is 0 Å². The zero-order valence-corrected chi connectivity index (χ0v) is 37.5. The Morgan fingerprint density at radius 2 is 0.866 bits per heavy atom. The lowest BCUT2D eigenvalue weighted by Gasteiger charge is -2.28. The second kappa shape index (κ2) is 15.3. The summed E-state index contributed by atoms with van der Waals surface area (Å²) >= 11 is 0. The molecular weight excluding hydrogens is 809 g/mol. The molecule has 0 amide bonds. The van der Waals surface area contributed by atoms with Gasteiger partial charge in [0.25, 0.3) is 0 Å². The van der Waals surface area contributed by atoms with E-state index in [1.807, 2.05) is 0 Å². The van der Waals surface area contributed by atoms with Gasteiger partial charge in [-0.1, -0.05) is 190 Å². The van der Waals surface area contributed by atoms with Crippen LogP contribution in [0.2, 0.25) is 0 Å². The zero-order valence-electron chi connectivity index (χ0n) is 37.5. The number of fused-ring (bicyclic) bond motifs is 8. The Hall–Kier alpha value is -8.46. The van der Waals surface area contributed by atoms with Crippen LogP contribution in [0.5, 0.6) is 0 Å². The molecule has 0 unspecified atom stereocenters. The first-order valence-electron chi connectivity index (χ1n) is 23.3. The highest BCUT2D eigenvalue weighted by Gasteiger charge is 2.35. The number of hydrogen-bond acceptors (Lipinski definition) is 1. The molecule has 0 aliphatic heterocycles. The van der Waals surface area contributed by atoms with Gasteiger partial charge in [-0.25, -0.2) is 0 Å². The Morgan fingerprint density at radius 3 is 1.73 bits per heavy atom. The van der Waals surface area contributed by atoms with Crippen molar-refractivity contribution in [2.24, 2.45) is 0 Å². The molecule has 2 nitrogen and oxygen atoms in total. The van der Waals surface area contributed by atoms with E-state index >= 15 is 0 Å². The number of hydrogen-bond donors (Lipinski definition) is 0. The van der Waals surface area contributed by atoms with Gasteiger partial charge < -0.3 is 9.47 Å². The van der Waals surface area contributed by atoms with E-state index in [4.69, 9.17) is 0 Å². The highest BCUT2D eigenvalue weighted by Crippen LogP contribution is 2.51. The van der Waals surface area contributed by atoms with Crippen molar-refractivity contribution in [1.82, 2.24) is 4.57 Å². The maximum absolute atomic E-state index is 2.44. The maximum atomic E-state index is 2.44. The summed E-state index contributed by atoms with van der Waals surface area (Å²) in [6.07, 6.45) is 0. The number of nitrogens with zero attached hydrogens (tertiary/aromatic N) is 2. The minimum atomic E-state index is -0.118. The van der Waals surface area contributed by atoms with Gasteiger partial charge in [0, 0.05) is 38.6 Å². The van der Waals surface area contributed by atoms with Crippen molar-refractivity contribution in [2.75, 3.05) is 4.90 Å². The Balaban J connectivity index is 0.883. The van der Waals surface area contributed by atoms with E-state index in [-0.39, 0.29) is 5.41 Å². The molecule has 11 aromatic carbocycles. The third-order valence-electron chi connectivity index (χ3n) is 14.4. The second-order valence-corrected chi connectivity index (χ2v) is 18.6. The van der Waals surface area contributed by atoms with Gasteiger partial charge in [0.1, 0.15) is 0 Å². The largest absolute Gasteiger partial charge is 0.310 e. The standard InChI is InChI=1S/C65H46N2/c1-65(2)60-23-10-8-21-56(60)57-36-35-54(42-61(57)65)66(53-34-32-49-38-48(30-31-50(49)40-53)43-14-4-3-5-15-43)52-19-12-18-47(39-52)44-26-28-45(29-27-44)51-33-37-64-59(41-51)58-22-9-11-24-63(58)67(64)62-25-13-17-46-16-6-7-20-55(46)62/h3-42H,1-2H3. The van der Waals surface area contributed by atoms with Gasteiger partial charge in [-0.2, -0.15) is 0 Å². The lowest BCUT2D eigenvalue weighted by atomic mass is 9.82. The molecule has 1 aliphatic rings. The fourth-order valence-corrected chi connectivity index (χ4v) is 11.0. The van der Waals surface area contributed by atoms with Gasteiger partial charge >= 0.3 is 0 Å². The molecule has 2 heteroatoms. The molecule has 0 bridgehead atoms. The molecule has 0 saturated heterocycles. The molecule has 12 aromatic rings. The van der Waals surface area contributed by atoms with Crippen LogP contribution in [0.15, 0.2) is 243 Å². The normalized spacial score (nSPS) is 12.7. The summed E-state index contributed by atoms with van der Waals surface area (Å²) in [5.41, 5.74) is 19.5. The molecule has 0 fully saturated rings. The molecule has 0 saturated carbocycles. The van der Waals surface area contributed by atoms with E-state index in [0.717, 1.165) is 17.1 Å². The first-order chi connectivity index (χ1) is 33.0. The third-order valence-corrected chi connectivity index (χ3v) is 14.4. The van der Waals surface area contributed by atoms with Crippen molar-refractivity contribution in [3.05, 3.63) is 254 Å². The molecule has 0 atom stereocenters. The predicted molar refractivity (Wildman–Crippen MR) is 284 cm³/mol. The topological polar surface area (TPSA) is 8.17 Å². The van der Waals surface area contributed by atoms with E-state index in [0.29, 0.717) is 0 Å². The molecule has 13 rings (SSSR count). The SMILES string of the molecule is CC1(C)c2ccccc2-c2ccc(N(c3cccc(-c4ccc(-c5ccc6c(c5)c5ccccc5n6-c5cccc6ccccc56)cc4)c3)c3ccc4cc(-c5ccccc5)ccc4c3)cc21. The van der Waals surface area contributed by atoms with Crippen LogP contribution in [0.1, 0.15) is 25.0 Å². The van der Waals surface area contributed by atoms with E-state index in [2.05, 4.69) is 266 Å². The van der Waals surface area contributed by atoms with Crippen molar-refractivity contribution in [2.45, 2.75) is 19.3 Å². The number of anilines is 3. The number of para-hydroxylation sites is 1. The summed E-state index contributed by atoms with van der Waals surface area (Å²) in [6.45, 7) is 4.72. The Kier molecular flexibility index (Phi) is 8.91. The van der Waals surface area contributed by atoms with Crippen LogP contribution < -0.4 is 4.90 Å². The summed E-state index contributed by atoms with van der Waals surface area (Å²) in [4.78, 5) is 2.44. The molecule has 1 aliphatic carbocycles. The fourth-order valence-electron chi connectivity index (χ4n) is 11.0. The summed E-state index contributed by atoms with van der Waals surface area (Å²) < 4.78 is 2.43. The summed E-state index contributed by atoms with van der Waals surface area (Å²) in [5, 5.41) is 7.42. The Bertz CT molecular complexity index is 3890. The van der Waals surface area contributed by atoms with Gasteiger partial charge in [-0.15, -0.1) is 0 Å². The highest BCUT2D eigenvalue weighted by molar-refractivity contribution is 6.11. The van der Waals surface area contributed by atoms with Crippen molar-refractivity contribution in [3.8, 4) is 50.2 Å². The Labute approximate surface area is 391 Å². The van der Waals surface area contributed by atoms with Gasteiger partial charge in [0.05, 0.1) is 16.7 Å². The van der Waals surface area contributed by atoms with Crippen molar-refractivity contribution < 1.29 is 0 Å². The van der Waals surface area contributed by atoms with E-state index in [1.165, 1.54) is 105 Å². The number of rotatable bonds is 7. The lowest BCUT2D eigenvalue weighted by molar-refractivity contribution is 0.660. The minimum absolute atomic E-state index is 0.118. The highest BCUT2D eigenvalue weighted by atomic mass is 15.1. The van der Waals surface area contributed by atoms with Crippen LogP contribution >= 0.6 is 0 Å².